The maximum atomic E-state index is 12.9. The maximum Gasteiger partial charge on any atom is 0.305 e. The second-order valence-electron chi connectivity index (χ2n) is 12.8. The van der Waals surface area contributed by atoms with Gasteiger partial charge in [-0.05, 0) is 33.1 Å². The van der Waals surface area contributed by atoms with E-state index in [1.165, 1.54) is 20.8 Å². The highest BCUT2D eigenvalue weighted by Crippen LogP contribution is 2.71. The van der Waals surface area contributed by atoms with Gasteiger partial charge in [-0.1, -0.05) is 20.8 Å². The van der Waals surface area contributed by atoms with Crippen LogP contribution in [0.2, 0.25) is 0 Å². The third-order valence-corrected chi connectivity index (χ3v) is 10.6. The van der Waals surface area contributed by atoms with E-state index >= 15 is 0 Å². The zero-order chi connectivity index (χ0) is 28.8. The van der Waals surface area contributed by atoms with Crippen molar-refractivity contribution in [1.82, 2.24) is 0 Å². The van der Waals surface area contributed by atoms with Crippen molar-refractivity contribution < 1.29 is 54.1 Å². The molecule has 11 heteroatoms. The first-order valence-electron chi connectivity index (χ1n) is 13.4. The van der Waals surface area contributed by atoms with Gasteiger partial charge in [-0.15, -0.1) is 0 Å². The Balaban J connectivity index is 2.13. The summed E-state index contributed by atoms with van der Waals surface area (Å²) in [5.41, 5.74) is -9.12. The predicted octanol–water partition coefficient (Wildman–Crippen LogP) is 0.212. The Bertz CT molecular complexity index is 1000. The minimum absolute atomic E-state index is 0.0799. The lowest BCUT2D eigenvalue weighted by Crippen LogP contribution is -2.68. The number of carbonyl (C=O) groups is 3. The van der Waals surface area contributed by atoms with Gasteiger partial charge in [0.15, 0.2) is 12.2 Å². The lowest BCUT2D eigenvalue weighted by molar-refractivity contribution is -0.254. The van der Waals surface area contributed by atoms with Gasteiger partial charge >= 0.3 is 17.9 Å². The highest BCUT2D eigenvalue weighted by Gasteiger charge is 2.84. The molecule has 11 nitrogen and oxygen atoms in total. The normalized spacial score (nSPS) is 50.8. The molecule has 1 spiro atoms. The van der Waals surface area contributed by atoms with Crippen LogP contribution in [0.4, 0.5) is 0 Å². The average molecular weight is 543 g/mol. The minimum Gasteiger partial charge on any atom is -0.461 e. The summed E-state index contributed by atoms with van der Waals surface area (Å²) in [5, 5.41) is 59.7. The van der Waals surface area contributed by atoms with Crippen molar-refractivity contribution in [2.24, 2.45) is 28.6 Å². The second-order valence-corrected chi connectivity index (χ2v) is 12.8. The molecule has 0 saturated heterocycles. The molecule has 4 aliphatic carbocycles. The smallest absolute Gasteiger partial charge is 0.305 e. The number of esters is 3. The number of hydrogen-bond acceptors (Lipinski definition) is 11. The fourth-order valence-corrected chi connectivity index (χ4v) is 8.74. The largest absolute Gasteiger partial charge is 0.461 e. The summed E-state index contributed by atoms with van der Waals surface area (Å²) in [4.78, 5) is 37.9. The summed E-state index contributed by atoms with van der Waals surface area (Å²) in [6.07, 6.45) is -7.17. The molecule has 12 unspecified atom stereocenters. The molecule has 0 aromatic rings. The molecule has 216 valence electrons. The highest BCUT2D eigenvalue weighted by atomic mass is 16.6. The van der Waals surface area contributed by atoms with Crippen LogP contribution in [0.25, 0.3) is 0 Å². The SMILES string of the molecule is CCC(=O)OC1C(OC(C)=O)C2(O)C(CC(O)C2(C)C)C(C)(O)C2CCC3C(OC(C)=O)C12C(O)C3(C)O. The van der Waals surface area contributed by atoms with Gasteiger partial charge in [0, 0.05) is 43.4 Å². The van der Waals surface area contributed by atoms with Gasteiger partial charge < -0.3 is 39.7 Å². The molecular formula is C27H42O11. The zero-order valence-corrected chi connectivity index (χ0v) is 23.1. The molecule has 0 aromatic heterocycles. The van der Waals surface area contributed by atoms with Gasteiger partial charge in [0.25, 0.3) is 0 Å². The predicted molar refractivity (Wildman–Crippen MR) is 130 cm³/mol. The molecule has 4 saturated carbocycles. The number of hydrogen-bond donors (Lipinski definition) is 5. The third-order valence-electron chi connectivity index (χ3n) is 10.6. The summed E-state index contributed by atoms with van der Waals surface area (Å²) in [5.74, 6) is -5.22. The number of ether oxygens (including phenoxy) is 3. The summed E-state index contributed by atoms with van der Waals surface area (Å²) in [6, 6.07) is 0. The first-order chi connectivity index (χ1) is 17.3. The number of rotatable bonds is 4. The lowest BCUT2D eigenvalue weighted by Gasteiger charge is -2.54. The molecule has 4 rings (SSSR count). The van der Waals surface area contributed by atoms with Crippen LogP contribution in [0, 0.1) is 28.6 Å². The summed E-state index contributed by atoms with van der Waals surface area (Å²) in [7, 11) is 0. The van der Waals surface area contributed by atoms with Gasteiger partial charge in [0.1, 0.15) is 11.7 Å². The molecule has 38 heavy (non-hydrogen) atoms. The molecule has 0 aliphatic heterocycles. The van der Waals surface area contributed by atoms with E-state index in [-0.39, 0.29) is 25.7 Å². The van der Waals surface area contributed by atoms with Crippen LogP contribution in [-0.2, 0) is 28.6 Å². The zero-order valence-electron chi connectivity index (χ0n) is 23.1. The molecule has 5 N–H and O–H groups in total. The Morgan fingerprint density at radius 1 is 0.789 bits per heavy atom. The van der Waals surface area contributed by atoms with Crippen molar-refractivity contribution in [3.05, 3.63) is 0 Å². The van der Waals surface area contributed by atoms with Crippen molar-refractivity contribution in [2.45, 2.75) is 121 Å². The van der Waals surface area contributed by atoms with Gasteiger partial charge in [0.05, 0.1) is 28.8 Å². The fraction of sp³-hybridized carbons (Fsp3) is 0.889. The van der Waals surface area contributed by atoms with Crippen LogP contribution in [-0.4, -0.2) is 90.8 Å². The molecule has 2 bridgehead atoms. The van der Waals surface area contributed by atoms with Crippen LogP contribution < -0.4 is 0 Å². The van der Waals surface area contributed by atoms with Gasteiger partial charge in [-0.25, -0.2) is 0 Å². The molecule has 0 amide bonds. The van der Waals surface area contributed by atoms with Crippen LogP contribution in [0.1, 0.15) is 74.1 Å². The van der Waals surface area contributed by atoms with E-state index in [9.17, 15) is 39.9 Å². The van der Waals surface area contributed by atoms with E-state index in [2.05, 4.69) is 0 Å². The monoisotopic (exact) mass is 542 g/mol. The number of aliphatic hydroxyl groups excluding tert-OH is 2. The van der Waals surface area contributed by atoms with Crippen LogP contribution >= 0.6 is 0 Å². The van der Waals surface area contributed by atoms with E-state index in [4.69, 9.17) is 14.2 Å². The standard InChI is InChI=1S/C27H42O11/c1-8-18(31)38-20-21(37-13(3)29)27(35)16(11-17(30)23(27,4)5)25(7,34)15-10-9-14-19(36-12(2)28)26(15,20)22(32)24(14,6)33/h14-17,19-22,30,32-35H,8-11H2,1-7H3. The van der Waals surface area contributed by atoms with Gasteiger partial charge in [-0.2, -0.15) is 0 Å². The number of aliphatic hydroxyl groups is 5. The Kier molecular flexibility index (Phi) is 6.81. The van der Waals surface area contributed by atoms with E-state index in [0.29, 0.717) is 0 Å². The van der Waals surface area contributed by atoms with Crippen LogP contribution in [0.5, 0.6) is 0 Å². The molecule has 12 atom stereocenters. The highest BCUT2D eigenvalue weighted by molar-refractivity contribution is 5.70. The van der Waals surface area contributed by atoms with Gasteiger partial charge in [-0.3, -0.25) is 14.4 Å². The maximum absolute atomic E-state index is 12.9. The third kappa shape index (κ3) is 3.47. The van der Waals surface area contributed by atoms with E-state index in [0.717, 1.165) is 6.92 Å². The fourth-order valence-electron chi connectivity index (χ4n) is 8.74. The Morgan fingerprint density at radius 3 is 1.87 bits per heavy atom. The van der Waals surface area contributed by atoms with Crippen molar-refractivity contribution in [3.8, 4) is 0 Å². The summed E-state index contributed by atoms with van der Waals surface area (Å²) >= 11 is 0. The number of carbonyl (C=O) groups excluding carboxylic acids is 3. The summed E-state index contributed by atoms with van der Waals surface area (Å²) < 4.78 is 17.5. The van der Waals surface area contributed by atoms with Crippen LogP contribution in [0.3, 0.4) is 0 Å². The average Bonchev–Trinajstić information content (AvgIpc) is 3.02. The van der Waals surface area contributed by atoms with Crippen LogP contribution in [0.15, 0.2) is 0 Å². The second kappa shape index (κ2) is 8.86. The van der Waals surface area contributed by atoms with E-state index in [1.54, 1.807) is 20.8 Å². The molecule has 0 radical (unpaired) electrons. The van der Waals surface area contributed by atoms with Crippen molar-refractivity contribution >= 4 is 17.9 Å². The molecule has 0 heterocycles. The first kappa shape index (κ1) is 29.2. The Morgan fingerprint density at radius 2 is 1.34 bits per heavy atom. The quantitative estimate of drug-likeness (QED) is 0.242. The molecule has 4 fully saturated rings. The minimum atomic E-state index is -2.16. The molecule has 4 aliphatic rings. The van der Waals surface area contributed by atoms with Gasteiger partial charge in [0.2, 0.25) is 0 Å². The Labute approximate surface area is 222 Å². The van der Waals surface area contributed by atoms with E-state index in [1.807, 2.05) is 0 Å². The van der Waals surface area contributed by atoms with E-state index < -0.39 is 93.8 Å². The topological polar surface area (TPSA) is 180 Å². The number of fused-ring (bicyclic) bond motifs is 2. The van der Waals surface area contributed by atoms with Crippen molar-refractivity contribution in [3.63, 3.8) is 0 Å². The molecule has 0 aromatic carbocycles. The lowest BCUT2D eigenvalue weighted by atomic mass is 9.56. The van der Waals surface area contributed by atoms with Crippen molar-refractivity contribution in [1.29, 1.82) is 0 Å². The Hall–Kier alpha value is -1.79. The summed E-state index contributed by atoms with van der Waals surface area (Å²) in [6.45, 7) is 9.85. The molecular weight excluding hydrogens is 500 g/mol. The van der Waals surface area contributed by atoms with Crippen molar-refractivity contribution in [2.75, 3.05) is 0 Å². The first-order valence-corrected chi connectivity index (χ1v) is 13.4.